The molecule has 1 heterocycles. The number of benzene rings is 2. The number of rotatable bonds is 14. The van der Waals surface area contributed by atoms with E-state index in [1.807, 2.05) is 26.2 Å². The minimum Gasteiger partial charge on any atom is -0.383 e. The van der Waals surface area contributed by atoms with Crippen molar-refractivity contribution in [2.24, 2.45) is 0 Å². The minimum absolute atomic E-state index is 0. The van der Waals surface area contributed by atoms with Gasteiger partial charge in [-0.25, -0.2) is 13.4 Å². The molecule has 2 aromatic carbocycles. The third-order valence-corrected chi connectivity index (χ3v) is 8.91. The second kappa shape index (κ2) is 15.1. The molecule has 0 bridgehead atoms. The summed E-state index contributed by atoms with van der Waals surface area (Å²) in [6, 6.07) is 11.5. The Morgan fingerprint density at radius 3 is 2.16 bits per heavy atom. The molecule has 0 radical (unpaired) electrons. The van der Waals surface area contributed by atoms with Crippen LogP contribution in [0.3, 0.4) is 0 Å². The number of fused-ring (bicyclic) bond motifs is 1. The Morgan fingerprint density at radius 2 is 1.61 bits per heavy atom. The summed E-state index contributed by atoms with van der Waals surface area (Å²) in [7, 11) is 3.20. The lowest BCUT2D eigenvalue weighted by Crippen LogP contribution is -2.36. The Balaban J connectivity index is 0.00000507. The van der Waals surface area contributed by atoms with Gasteiger partial charge in [0.1, 0.15) is 5.52 Å². The highest BCUT2D eigenvalue weighted by Gasteiger charge is 2.26. The fourth-order valence-corrected chi connectivity index (χ4v) is 6.36. The van der Waals surface area contributed by atoms with E-state index in [1.165, 1.54) is 42.0 Å². The van der Waals surface area contributed by atoms with Crippen LogP contribution >= 0.6 is 35.3 Å². The van der Waals surface area contributed by atoms with E-state index < -0.39 is 10.0 Å². The summed E-state index contributed by atoms with van der Waals surface area (Å²) in [6.07, 6.45) is 0.739. The Morgan fingerprint density at radius 1 is 0.974 bits per heavy atom. The van der Waals surface area contributed by atoms with E-state index >= 15 is 0 Å². The number of aromatic nitrogens is 1. The highest BCUT2D eigenvalue weighted by molar-refractivity contribution is 7.89. The zero-order valence-corrected chi connectivity index (χ0v) is 25.1. The quantitative estimate of drug-likeness (QED) is 0.271. The number of carbonyl (C=O) groups is 1. The van der Waals surface area contributed by atoms with Gasteiger partial charge in [-0.2, -0.15) is 4.31 Å². The first-order valence-corrected chi connectivity index (χ1v) is 14.4. The average molecular weight is 606 g/mol. The van der Waals surface area contributed by atoms with Crippen LogP contribution in [-0.2, 0) is 19.5 Å². The number of hydrogen-bond acceptors (Lipinski definition) is 8. The van der Waals surface area contributed by atoms with Gasteiger partial charge in [-0.15, -0.1) is 12.4 Å². The fraction of sp³-hybridized carbons (Fsp3) is 0.440. The Kier molecular flexibility index (Phi) is 12.9. The zero-order valence-electron chi connectivity index (χ0n) is 21.9. The number of para-hydroxylation sites is 1. The number of carbonyl (C=O) groups excluding carboxylic acids is 1. The van der Waals surface area contributed by atoms with Crippen molar-refractivity contribution in [2.45, 2.75) is 11.3 Å². The second-order valence-corrected chi connectivity index (χ2v) is 12.0. The van der Waals surface area contributed by atoms with Gasteiger partial charge in [-0.3, -0.25) is 9.69 Å². The fourth-order valence-electron chi connectivity index (χ4n) is 3.66. The molecule has 1 amide bonds. The molecular weight excluding hydrogens is 571 g/mol. The lowest BCUT2D eigenvalue weighted by atomic mass is 10.2. The molecule has 0 N–H and O–H groups in total. The summed E-state index contributed by atoms with van der Waals surface area (Å²) in [5, 5.41) is 1.08. The molecule has 0 fully saturated rings. The topological polar surface area (TPSA) is 92.3 Å². The molecule has 0 atom stereocenters. The molecule has 0 saturated heterocycles. The van der Waals surface area contributed by atoms with E-state index in [0.29, 0.717) is 27.8 Å². The number of nitrogens with zero attached hydrogens (tertiary/aromatic N) is 4. The van der Waals surface area contributed by atoms with Crippen LogP contribution in [0.5, 0.6) is 0 Å². The van der Waals surface area contributed by atoms with Crippen molar-refractivity contribution in [3.05, 3.63) is 53.1 Å². The summed E-state index contributed by atoms with van der Waals surface area (Å²) in [4.78, 5) is 22.0. The highest BCUT2D eigenvalue weighted by atomic mass is 35.5. The lowest BCUT2D eigenvalue weighted by molar-refractivity contribution is 0.0986. The van der Waals surface area contributed by atoms with Crippen LogP contribution in [0, 0.1) is 0 Å². The van der Waals surface area contributed by atoms with Crippen molar-refractivity contribution in [3.63, 3.8) is 0 Å². The summed E-state index contributed by atoms with van der Waals surface area (Å²) >= 11 is 7.72. The van der Waals surface area contributed by atoms with Gasteiger partial charge < -0.3 is 14.4 Å². The van der Waals surface area contributed by atoms with Gasteiger partial charge in [0.25, 0.3) is 5.91 Å². The third kappa shape index (κ3) is 8.09. The van der Waals surface area contributed by atoms with Crippen LogP contribution in [0.4, 0.5) is 5.13 Å². The van der Waals surface area contributed by atoms with Gasteiger partial charge in [0.2, 0.25) is 10.0 Å². The molecule has 210 valence electrons. The SMILES string of the molecule is COCCN(CCOC)S(=O)(=O)c1ccc(C(=O)N(CCCN(C)C)c2nc3c(Cl)cccc3s2)cc1.Cl. The second-order valence-electron chi connectivity index (χ2n) is 8.61. The first kappa shape index (κ1) is 32.4. The largest absolute Gasteiger partial charge is 0.383 e. The number of anilines is 1. The highest BCUT2D eigenvalue weighted by Crippen LogP contribution is 2.33. The van der Waals surface area contributed by atoms with Crippen molar-refractivity contribution < 1.29 is 22.7 Å². The molecule has 3 aromatic rings. The first-order chi connectivity index (χ1) is 17.7. The molecule has 3 rings (SSSR count). The van der Waals surface area contributed by atoms with Crippen molar-refractivity contribution in [1.82, 2.24) is 14.2 Å². The monoisotopic (exact) mass is 604 g/mol. The maximum atomic E-state index is 13.6. The first-order valence-electron chi connectivity index (χ1n) is 11.8. The predicted octanol–water partition coefficient (Wildman–Crippen LogP) is 4.25. The van der Waals surface area contributed by atoms with Crippen molar-refractivity contribution in [3.8, 4) is 0 Å². The van der Waals surface area contributed by atoms with Crippen LogP contribution in [0.1, 0.15) is 16.8 Å². The maximum Gasteiger partial charge on any atom is 0.260 e. The molecule has 38 heavy (non-hydrogen) atoms. The van der Waals surface area contributed by atoms with Gasteiger partial charge in [-0.1, -0.05) is 29.0 Å². The summed E-state index contributed by atoms with van der Waals surface area (Å²) in [5.74, 6) is -0.256. The number of halogens is 2. The predicted molar refractivity (Wildman–Crippen MR) is 156 cm³/mol. The van der Waals surface area contributed by atoms with Crippen molar-refractivity contribution >= 4 is 66.6 Å². The molecule has 1 aromatic heterocycles. The summed E-state index contributed by atoms with van der Waals surface area (Å²) in [6.45, 7) is 2.16. The van der Waals surface area contributed by atoms with E-state index in [9.17, 15) is 13.2 Å². The third-order valence-electron chi connectivity index (χ3n) is 5.65. The number of sulfonamides is 1. The van der Waals surface area contributed by atoms with Crippen molar-refractivity contribution in [1.29, 1.82) is 0 Å². The van der Waals surface area contributed by atoms with Crippen molar-refractivity contribution in [2.75, 3.05) is 72.6 Å². The van der Waals surface area contributed by atoms with Gasteiger partial charge >= 0.3 is 0 Å². The number of hydrogen-bond donors (Lipinski definition) is 0. The average Bonchev–Trinajstić information content (AvgIpc) is 3.31. The van der Waals surface area contributed by atoms with Crippen LogP contribution in [-0.4, -0.2) is 96.2 Å². The molecular formula is C25H34Cl2N4O5S2. The molecule has 0 aliphatic heterocycles. The zero-order chi connectivity index (χ0) is 27.0. The molecule has 0 spiro atoms. The van der Waals surface area contributed by atoms with Gasteiger partial charge in [0, 0.05) is 39.4 Å². The van der Waals surface area contributed by atoms with Gasteiger partial charge in [-0.05, 0) is 63.5 Å². The number of thiazole rings is 1. The van der Waals surface area contributed by atoms with Crippen LogP contribution in [0.15, 0.2) is 47.4 Å². The standard InChI is InChI=1S/C25H33ClN4O5S2.ClH/c1-28(2)13-6-14-30(25-27-23-21(26)7-5-8-22(23)36-25)24(31)19-9-11-20(12-10-19)37(32,33)29(15-17-34-3)16-18-35-4;/h5,7-12H,6,13-18H2,1-4H3;1H. The lowest BCUT2D eigenvalue weighted by Gasteiger charge is -2.22. The molecule has 0 aliphatic carbocycles. The molecule has 13 heteroatoms. The summed E-state index contributed by atoms with van der Waals surface area (Å²) in [5.41, 5.74) is 1.03. The number of ether oxygens (including phenoxy) is 2. The molecule has 9 nitrogen and oxygen atoms in total. The maximum absolute atomic E-state index is 13.6. The number of methoxy groups -OCH3 is 2. The van der Waals surface area contributed by atoms with Crippen LogP contribution in [0.25, 0.3) is 10.2 Å². The Labute approximate surface area is 239 Å². The smallest absolute Gasteiger partial charge is 0.260 e. The Bertz CT molecular complexity index is 1280. The normalized spacial score (nSPS) is 11.8. The van der Waals surface area contributed by atoms with E-state index in [1.54, 1.807) is 23.1 Å². The van der Waals surface area contributed by atoms with E-state index in [0.717, 1.165) is 17.7 Å². The van der Waals surface area contributed by atoms with E-state index in [-0.39, 0.29) is 49.5 Å². The van der Waals surface area contributed by atoms with Gasteiger partial charge in [0.15, 0.2) is 5.13 Å². The Hall–Kier alpha value is -1.83. The van der Waals surface area contributed by atoms with Gasteiger partial charge in [0.05, 0.1) is 27.8 Å². The molecule has 0 aliphatic rings. The summed E-state index contributed by atoms with van der Waals surface area (Å²) < 4.78 is 38.8. The van der Waals surface area contributed by atoms with E-state index in [2.05, 4.69) is 9.88 Å². The molecule has 0 saturated carbocycles. The van der Waals surface area contributed by atoms with E-state index in [4.69, 9.17) is 21.1 Å². The number of amides is 1. The van der Waals surface area contributed by atoms with Crippen LogP contribution < -0.4 is 4.90 Å². The molecule has 0 unspecified atom stereocenters. The minimum atomic E-state index is -3.79. The van der Waals surface area contributed by atoms with Crippen LogP contribution in [0.2, 0.25) is 5.02 Å².